The second-order valence-corrected chi connectivity index (χ2v) is 5.29. The molecular weight excluding hydrogens is 258 g/mol. The third kappa shape index (κ3) is 1.96. The number of para-hydroxylation sites is 2. The molecule has 0 spiro atoms. The van der Waals surface area contributed by atoms with Crippen LogP contribution < -0.4 is 4.90 Å². The first-order valence-corrected chi connectivity index (χ1v) is 7.08. The highest BCUT2D eigenvalue weighted by Gasteiger charge is 2.22. The molecule has 2 nitrogen and oxygen atoms in total. The Kier molecular flexibility index (Phi) is 2.68. The molecule has 0 saturated carbocycles. The van der Waals surface area contributed by atoms with Gasteiger partial charge in [0.25, 0.3) is 0 Å². The summed E-state index contributed by atoms with van der Waals surface area (Å²) in [7, 11) is 0. The molecule has 0 saturated heterocycles. The zero-order chi connectivity index (χ0) is 14.2. The summed E-state index contributed by atoms with van der Waals surface area (Å²) >= 11 is 0. The van der Waals surface area contributed by atoms with Crippen molar-refractivity contribution in [2.75, 3.05) is 4.90 Å². The smallest absolute Gasteiger partial charge is 0.115 e. The van der Waals surface area contributed by atoms with Gasteiger partial charge in [0, 0.05) is 23.5 Å². The lowest BCUT2D eigenvalue weighted by Gasteiger charge is -2.33. The number of hydrogen-bond acceptors (Lipinski definition) is 2. The van der Waals surface area contributed by atoms with Gasteiger partial charge in [0.15, 0.2) is 0 Å². The van der Waals surface area contributed by atoms with Crippen LogP contribution in [0.4, 0.5) is 17.1 Å². The van der Waals surface area contributed by atoms with Gasteiger partial charge in [-0.15, -0.1) is 0 Å². The summed E-state index contributed by atoms with van der Waals surface area (Å²) in [4.78, 5) is 2.26. The van der Waals surface area contributed by atoms with Crippen LogP contribution in [0.2, 0.25) is 0 Å². The van der Waals surface area contributed by atoms with Crippen molar-refractivity contribution < 1.29 is 5.11 Å². The lowest BCUT2D eigenvalue weighted by atomic mass is 9.95. The van der Waals surface area contributed by atoms with E-state index in [1.165, 1.54) is 22.5 Å². The summed E-state index contributed by atoms with van der Waals surface area (Å²) in [5.74, 6) is 0.289. The average molecular weight is 273 g/mol. The highest BCUT2D eigenvalue weighted by molar-refractivity contribution is 5.83. The van der Waals surface area contributed by atoms with Crippen molar-refractivity contribution in [1.82, 2.24) is 0 Å². The second-order valence-electron chi connectivity index (χ2n) is 5.29. The van der Waals surface area contributed by atoms with E-state index in [1.54, 1.807) is 12.1 Å². The van der Waals surface area contributed by atoms with Crippen LogP contribution in [0.15, 0.2) is 72.8 Å². The third-order valence-corrected chi connectivity index (χ3v) is 3.95. The van der Waals surface area contributed by atoms with Gasteiger partial charge in [-0.25, -0.2) is 0 Å². The first kappa shape index (κ1) is 12.0. The number of benzene rings is 3. The molecule has 102 valence electrons. The number of phenols is 1. The predicted molar refractivity (Wildman–Crippen MR) is 85.6 cm³/mol. The number of nitrogens with zero attached hydrogens (tertiary/aromatic N) is 1. The monoisotopic (exact) mass is 273 g/mol. The largest absolute Gasteiger partial charge is 0.508 e. The second kappa shape index (κ2) is 4.67. The minimum absolute atomic E-state index is 0.289. The van der Waals surface area contributed by atoms with Crippen LogP contribution in [0.1, 0.15) is 11.1 Å². The molecule has 0 amide bonds. The summed E-state index contributed by atoms with van der Waals surface area (Å²) < 4.78 is 0. The lowest BCUT2D eigenvalue weighted by Crippen LogP contribution is -2.18. The molecule has 0 atom stereocenters. The van der Waals surface area contributed by atoms with E-state index < -0.39 is 0 Å². The van der Waals surface area contributed by atoms with E-state index >= 15 is 0 Å². The van der Waals surface area contributed by atoms with Gasteiger partial charge >= 0.3 is 0 Å². The zero-order valence-electron chi connectivity index (χ0n) is 11.5. The predicted octanol–water partition coefficient (Wildman–Crippen LogP) is 4.77. The molecular formula is C19H15NO. The Balaban J connectivity index is 1.95. The molecule has 0 radical (unpaired) electrons. The van der Waals surface area contributed by atoms with E-state index in [9.17, 15) is 5.11 Å². The van der Waals surface area contributed by atoms with E-state index in [1.807, 2.05) is 12.1 Å². The van der Waals surface area contributed by atoms with Crippen LogP contribution in [0.3, 0.4) is 0 Å². The SMILES string of the molecule is Oc1ccc(N2c3ccccc3Cc3ccccc32)cc1. The molecule has 4 rings (SSSR count). The first-order valence-electron chi connectivity index (χ1n) is 7.08. The van der Waals surface area contributed by atoms with Gasteiger partial charge < -0.3 is 10.0 Å². The van der Waals surface area contributed by atoms with Gasteiger partial charge in [-0.05, 0) is 47.5 Å². The fourth-order valence-electron chi connectivity index (χ4n) is 2.97. The van der Waals surface area contributed by atoms with Gasteiger partial charge in [-0.3, -0.25) is 0 Å². The minimum Gasteiger partial charge on any atom is -0.508 e. The molecule has 1 aliphatic heterocycles. The average Bonchev–Trinajstić information content (AvgIpc) is 2.53. The van der Waals surface area contributed by atoms with E-state index in [0.29, 0.717) is 0 Å². The topological polar surface area (TPSA) is 23.5 Å². The standard InChI is InChI=1S/C19H15NO/c21-17-11-9-16(10-12-17)20-18-7-3-1-5-14(18)13-15-6-2-4-8-19(15)20/h1-12,21H,13H2. The fraction of sp³-hybridized carbons (Fsp3) is 0.0526. The van der Waals surface area contributed by atoms with Crippen molar-refractivity contribution >= 4 is 17.1 Å². The molecule has 1 N–H and O–H groups in total. The van der Waals surface area contributed by atoms with Gasteiger partial charge in [0.1, 0.15) is 5.75 Å². The maximum Gasteiger partial charge on any atom is 0.115 e. The van der Waals surface area contributed by atoms with Crippen LogP contribution in [-0.2, 0) is 6.42 Å². The number of aromatic hydroxyl groups is 1. The lowest BCUT2D eigenvalue weighted by molar-refractivity contribution is 0.475. The number of anilines is 3. The molecule has 0 unspecified atom stereocenters. The van der Waals surface area contributed by atoms with E-state index in [2.05, 4.69) is 53.4 Å². The summed E-state index contributed by atoms with van der Waals surface area (Å²) in [6.45, 7) is 0. The van der Waals surface area contributed by atoms with E-state index in [4.69, 9.17) is 0 Å². The summed E-state index contributed by atoms with van der Waals surface area (Å²) in [5, 5.41) is 9.53. The number of phenolic OH excluding ortho intramolecular Hbond substituents is 1. The van der Waals surface area contributed by atoms with Crippen LogP contribution >= 0.6 is 0 Å². The Morgan fingerprint density at radius 3 is 1.76 bits per heavy atom. The Labute approximate surface area is 123 Å². The molecule has 0 aromatic heterocycles. The van der Waals surface area contributed by atoms with Gasteiger partial charge in [0.05, 0.1) is 0 Å². The molecule has 3 aromatic rings. The summed E-state index contributed by atoms with van der Waals surface area (Å²) in [6.07, 6.45) is 0.959. The number of rotatable bonds is 1. The Hall–Kier alpha value is -2.74. The van der Waals surface area contributed by atoms with Gasteiger partial charge in [-0.1, -0.05) is 36.4 Å². The molecule has 0 aliphatic carbocycles. The van der Waals surface area contributed by atoms with Crippen molar-refractivity contribution in [1.29, 1.82) is 0 Å². The van der Waals surface area contributed by atoms with Crippen molar-refractivity contribution in [3.8, 4) is 5.75 Å². The molecule has 0 bridgehead atoms. The van der Waals surface area contributed by atoms with Gasteiger partial charge in [-0.2, -0.15) is 0 Å². The Morgan fingerprint density at radius 1 is 0.667 bits per heavy atom. The van der Waals surface area contributed by atoms with Crippen LogP contribution in [-0.4, -0.2) is 5.11 Å². The number of hydrogen-bond donors (Lipinski definition) is 1. The Bertz CT molecular complexity index is 747. The fourth-order valence-corrected chi connectivity index (χ4v) is 2.97. The molecule has 2 heteroatoms. The maximum absolute atomic E-state index is 9.53. The normalized spacial score (nSPS) is 12.7. The quantitative estimate of drug-likeness (QED) is 0.540. The summed E-state index contributed by atoms with van der Waals surface area (Å²) in [5.41, 5.74) is 6.13. The highest BCUT2D eigenvalue weighted by atomic mass is 16.3. The van der Waals surface area contributed by atoms with Gasteiger partial charge in [0.2, 0.25) is 0 Å². The molecule has 1 heterocycles. The minimum atomic E-state index is 0.289. The van der Waals surface area contributed by atoms with Crippen LogP contribution in [0.25, 0.3) is 0 Å². The van der Waals surface area contributed by atoms with Crippen molar-refractivity contribution in [2.45, 2.75) is 6.42 Å². The van der Waals surface area contributed by atoms with Crippen LogP contribution in [0, 0.1) is 0 Å². The Morgan fingerprint density at radius 2 is 1.19 bits per heavy atom. The molecule has 3 aromatic carbocycles. The third-order valence-electron chi connectivity index (χ3n) is 3.95. The molecule has 21 heavy (non-hydrogen) atoms. The first-order chi connectivity index (χ1) is 10.3. The zero-order valence-corrected chi connectivity index (χ0v) is 11.5. The summed E-state index contributed by atoms with van der Waals surface area (Å²) in [6, 6.07) is 24.3. The van der Waals surface area contributed by atoms with Crippen molar-refractivity contribution in [3.63, 3.8) is 0 Å². The van der Waals surface area contributed by atoms with E-state index in [-0.39, 0.29) is 5.75 Å². The van der Waals surface area contributed by atoms with Crippen LogP contribution in [0.5, 0.6) is 5.75 Å². The van der Waals surface area contributed by atoms with Crippen molar-refractivity contribution in [2.24, 2.45) is 0 Å². The molecule has 1 aliphatic rings. The number of fused-ring (bicyclic) bond motifs is 2. The van der Waals surface area contributed by atoms with Crippen molar-refractivity contribution in [3.05, 3.63) is 83.9 Å². The maximum atomic E-state index is 9.53. The van der Waals surface area contributed by atoms with E-state index in [0.717, 1.165) is 12.1 Å². The molecule has 0 fully saturated rings. The highest BCUT2D eigenvalue weighted by Crippen LogP contribution is 2.43.